The predicted molar refractivity (Wildman–Crippen MR) is 190 cm³/mol. The lowest BCUT2D eigenvalue weighted by atomic mass is 9.71. The van der Waals surface area contributed by atoms with E-state index < -0.39 is 84.5 Å². The minimum atomic E-state index is -1.84. The lowest BCUT2D eigenvalue weighted by Crippen LogP contribution is -2.60. The third kappa shape index (κ3) is 7.63. The molecule has 52 heavy (non-hydrogen) atoms. The number of fused-ring (bicyclic) bond motifs is 2. The number of carbonyl (C=O) groups is 1. The number of carbonyl (C=O) groups excluding carboxylic acids is 1. The summed E-state index contributed by atoms with van der Waals surface area (Å²) in [6.07, 6.45) is 3.88. The van der Waals surface area contributed by atoms with E-state index in [1.54, 1.807) is 33.1 Å². The molecule has 0 saturated carbocycles. The van der Waals surface area contributed by atoms with Crippen molar-refractivity contribution in [2.75, 3.05) is 13.7 Å². The van der Waals surface area contributed by atoms with Crippen molar-refractivity contribution in [3.8, 4) is 0 Å². The van der Waals surface area contributed by atoms with Crippen molar-refractivity contribution in [1.82, 2.24) is 0 Å². The van der Waals surface area contributed by atoms with E-state index in [1.807, 2.05) is 32.9 Å². The molecule has 4 N–H and O–H groups in total. The number of ether oxygens (including phenoxy) is 7. The van der Waals surface area contributed by atoms with Crippen LogP contribution in [0.4, 0.5) is 0 Å². The molecule has 4 fully saturated rings. The summed E-state index contributed by atoms with van der Waals surface area (Å²) in [5, 5.41) is 45.3. The Labute approximate surface area is 307 Å². The first kappa shape index (κ1) is 39.7. The summed E-state index contributed by atoms with van der Waals surface area (Å²) in [6, 6.07) is 0. The van der Waals surface area contributed by atoms with Gasteiger partial charge in [-0.2, -0.15) is 0 Å². The Balaban J connectivity index is 1.39. The van der Waals surface area contributed by atoms with Gasteiger partial charge in [-0.05, 0) is 49.8 Å². The minimum absolute atomic E-state index is 0.0260. The third-order valence-electron chi connectivity index (χ3n) is 12.3. The summed E-state index contributed by atoms with van der Waals surface area (Å²) in [4.78, 5) is 14.2. The molecule has 16 atom stereocenters. The summed E-state index contributed by atoms with van der Waals surface area (Å²) >= 11 is 0. The summed E-state index contributed by atoms with van der Waals surface area (Å²) in [6.45, 7) is 13.7. The maximum absolute atomic E-state index is 14.2. The fourth-order valence-electron chi connectivity index (χ4n) is 9.16. The van der Waals surface area contributed by atoms with Crippen molar-refractivity contribution in [2.24, 2.45) is 23.7 Å². The Morgan fingerprint density at radius 2 is 1.75 bits per heavy atom. The van der Waals surface area contributed by atoms with E-state index in [2.05, 4.69) is 19.9 Å². The van der Waals surface area contributed by atoms with Crippen molar-refractivity contribution < 1.29 is 58.4 Å². The molecule has 0 radical (unpaired) electrons. The molecule has 0 amide bonds. The average Bonchev–Trinajstić information content (AvgIpc) is 3.43. The van der Waals surface area contributed by atoms with Crippen LogP contribution in [0.2, 0.25) is 0 Å². The number of hydrogen-bond donors (Lipinski definition) is 4. The Bertz CT molecular complexity index is 1420. The molecule has 0 aromatic carbocycles. The van der Waals surface area contributed by atoms with Crippen molar-refractivity contribution in [1.29, 1.82) is 0 Å². The van der Waals surface area contributed by atoms with E-state index in [-0.39, 0.29) is 43.3 Å². The van der Waals surface area contributed by atoms with Crippen LogP contribution in [0, 0.1) is 23.7 Å². The van der Waals surface area contributed by atoms with Crippen LogP contribution in [0.1, 0.15) is 80.6 Å². The van der Waals surface area contributed by atoms with E-state index in [0.717, 1.165) is 5.57 Å². The van der Waals surface area contributed by atoms with E-state index in [0.29, 0.717) is 30.4 Å². The summed E-state index contributed by atoms with van der Waals surface area (Å²) < 4.78 is 44.1. The zero-order valence-electron chi connectivity index (χ0n) is 31.8. The van der Waals surface area contributed by atoms with E-state index in [9.17, 15) is 25.2 Å². The Kier molecular flexibility index (Phi) is 11.9. The smallest absolute Gasteiger partial charge is 0.316 e. The lowest BCUT2D eigenvalue weighted by molar-refractivity contribution is -0.353. The van der Waals surface area contributed by atoms with Gasteiger partial charge in [-0.15, -0.1) is 0 Å². The number of allylic oxidation sites excluding steroid dienone is 2. The second-order valence-electron chi connectivity index (χ2n) is 16.4. The highest BCUT2D eigenvalue weighted by Gasteiger charge is 2.60. The molecule has 5 heterocycles. The van der Waals surface area contributed by atoms with E-state index in [4.69, 9.17) is 33.2 Å². The van der Waals surface area contributed by atoms with Gasteiger partial charge in [0, 0.05) is 44.6 Å². The molecule has 4 saturated heterocycles. The number of aliphatic hydroxyl groups excluding tert-OH is 3. The highest BCUT2D eigenvalue weighted by atomic mass is 16.7. The topological polar surface area (TPSA) is 163 Å². The Morgan fingerprint density at radius 1 is 1.00 bits per heavy atom. The zero-order valence-corrected chi connectivity index (χ0v) is 31.8. The van der Waals surface area contributed by atoms with Crippen LogP contribution in [0.5, 0.6) is 0 Å². The van der Waals surface area contributed by atoms with Crippen LogP contribution in [-0.2, 0) is 38.0 Å². The molecule has 1 spiro atoms. The Morgan fingerprint density at radius 3 is 2.46 bits per heavy atom. The predicted octanol–water partition coefficient (Wildman–Crippen LogP) is 3.65. The maximum atomic E-state index is 14.2. The van der Waals surface area contributed by atoms with Gasteiger partial charge in [0.05, 0.1) is 43.2 Å². The number of methoxy groups -OCH3 is 1. The quantitative estimate of drug-likeness (QED) is 0.246. The molecule has 1 aliphatic carbocycles. The van der Waals surface area contributed by atoms with E-state index in [1.165, 1.54) is 0 Å². The number of hydrogen-bond acceptors (Lipinski definition) is 12. The van der Waals surface area contributed by atoms with Gasteiger partial charge in [-0.1, -0.05) is 58.1 Å². The molecule has 292 valence electrons. The first-order chi connectivity index (χ1) is 24.6. The summed E-state index contributed by atoms with van der Waals surface area (Å²) in [5.74, 6) is -3.12. The van der Waals surface area contributed by atoms with Crippen molar-refractivity contribution in [2.45, 2.75) is 159 Å². The average molecular weight is 733 g/mol. The van der Waals surface area contributed by atoms with Crippen LogP contribution in [-0.4, -0.2) is 119 Å². The molecule has 6 aliphatic rings. The number of esters is 1. The van der Waals surface area contributed by atoms with Crippen molar-refractivity contribution in [3.05, 3.63) is 47.1 Å². The van der Waals surface area contributed by atoms with Crippen LogP contribution in [0.25, 0.3) is 0 Å². The first-order valence-electron chi connectivity index (χ1n) is 19.1. The van der Waals surface area contributed by atoms with Gasteiger partial charge >= 0.3 is 5.97 Å². The SMILES string of the molecule is CO[C@H]1C[C@H](O[C@@H]2/C(C)=C/C[C@@H]3C[C@@H](C[C@]4(C[C@H](O)[C@H](C)[C@@H](C(C)C)O4)O3)OC(=O)[C@@H]3C=C(C)[C@@H](O)[C@H]4OC/C(=C\C=C\[C@@H]2C)[C@]43O)O[C@@H](C)[C@@H]1O. The zero-order chi connectivity index (χ0) is 37.7. The minimum Gasteiger partial charge on any atom is -0.462 e. The van der Waals surface area contributed by atoms with Gasteiger partial charge < -0.3 is 53.6 Å². The van der Waals surface area contributed by atoms with Crippen LogP contribution in [0.3, 0.4) is 0 Å². The van der Waals surface area contributed by atoms with Crippen LogP contribution < -0.4 is 0 Å². The Hall–Kier alpha value is -1.97. The standard InChI is InChI=1S/C40H60O12/c1-20(2)35-24(6)30(41)18-39(52-35)17-28-15-27(51-39)13-12-22(4)36(50-32-16-31(46-8)34(43)25(7)48-32)21(3)10-9-11-26-19-47-37-33(42)23(5)14-29(38(44)49-28)40(26,37)45/h9-12,14,20-21,24-25,27-37,41-43,45H,13,15-19H2,1-8H3/b10-9+,22-12+,26-11+/t21-,24-,25-,27+,28-,29-,30-,31-,32-,33+,34-,35+,36-,37+,39-,40+/m0/s1. The molecule has 6 rings (SSSR count). The monoisotopic (exact) mass is 732 g/mol. The van der Waals surface area contributed by atoms with Crippen molar-refractivity contribution in [3.63, 3.8) is 0 Å². The van der Waals surface area contributed by atoms with Gasteiger partial charge in [-0.25, -0.2) is 0 Å². The molecule has 12 nitrogen and oxygen atoms in total. The molecule has 0 aromatic rings. The summed E-state index contributed by atoms with van der Waals surface area (Å²) in [7, 11) is 1.57. The molecule has 5 aliphatic heterocycles. The van der Waals surface area contributed by atoms with E-state index >= 15 is 0 Å². The maximum Gasteiger partial charge on any atom is 0.316 e. The summed E-state index contributed by atoms with van der Waals surface area (Å²) in [5.41, 5.74) is 0.0696. The van der Waals surface area contributed by atoms with Gasteiger partial charge in [0.1, 0.15) is 35.9 Å². The fourth-order valence-corrected chi connectivity index (χ4v) is 9.16. The van der Waals surface area contributed by atoms with Gasteiger partial charge in [0.25, 0.3) is 0 Å². The van der Waals surface area contributed by atoms with Gasteiger partial charge in [0.2, 0.25) is 0 Å². The molecular weight excluding hydrogens is 672 g/mol. The normalized spacial score (nSPS) is 50.0. The lowest BCUT2D eigenvalue weighted by Gasteiger charge is -2.52. The highest BCUT2D eigenvalue weighted by Crippen LogP contribution is 2.48. The first-order valence-corrected chi connectivity index (χ1v) is 19.1. The second kappa shape index (κ2) is 15.6. The molecule has 12 heteroatoms. The largest absolute Gasteiger partial charge is 0.462 e. The third-order valence-corrected chi connectivity index (χ3v) is 12.3. The highest BCUT2D eigenvalue weighted by molar-refractivity contribution is 5.78. The van der Waals surface area contributed by atoms with Gasteiger partial charge in [0.15, 0.2) is 12.1 Å². The fraction of sp³-hybridized carbons (Fsp3) is 0.775. The van der Waals surface area contributed by atoms with Gasteiger partial charge in [-0.3, -0.25) is 4.79 Å². The molecular formula is C40H60O12. The second-order valence-corrected chi connectivity index (χ2v) is 16.4. The molecule has 0 aromatic heterocycles. The van der Waals surface area contributed by atoms with Crippen molar-refractivity contribution >= 4 is 5.97 Å². The van der Waals surface area contributed by atoms with Crippen LogP contribution >= 0.6 is 0 Å². The number of rotatable bonds is 4. The molecule has 2 bridgehead atoms. The number of aliphatic hydroxyl groups is 4. The molecule has 0 unspecified atom stereocenters. The van der Waals surface area contributed by atoms with Crippen LogP contribution in [0.15, 0.2) is 47.1 Å².